The van der Waals surface area contributed by atoms with Gasteiger partial charge in [-0.2, -0.15) is 0 Å². The van der Waals surface area contributed by atoms with Gasteiger partial charge in [-0.05, 0) is 99.0 Å². The van der Waals surface area contributed by atoms with Crippen molar-refractivity contribution in [3.05, 3.63) is 23.3 Å². The molecule has 0 heterocycles. The van der Waals surface area contributed by atoms with E-state index in [1.807, 2.05) is 13.0 Å². The molecule has 3 N–H and O–H groups in total. The highest BCUT2D eigenvalue weighted by Gasteiger charge is 2.56. The Morgan fingerprint density at radius 2 is 1.88 bits per heavy atom. The number of ketones is 1. The van der Waals surface area contributed by atoms with Gasteiger partial charge >= 0.3 is 0 Å². The molecule has 0 aromatic rings. The normalized spacial score (nSPS) is 40.7. The number of aliphatic hydroxyl groups excluding tert-OH is 3. The second kappa shape index (κ2) is 10.3. The molecule has 0 radical (unpaired) electrons. The van der Waals surface area contributed by atoms with Crippen LogP contribution in [0.5, 0.6) is 0 Å². The van der Waals surface area contributed by atoms with Gasteiger partial charge in [0.05, 0.1) is 12.2 Å². The van der Waals surface area contributed by atoms with E-state index in [-0.39, 0.29) is 29.6 Å². The minimum absolute atomic E-state index is 0.0789. The summed E-state index contributed by atoms with van der Waals surface area (Å²) in [4.78, 5) is 13.9. The summed E-state index contributed by atoms with van der Waals surface area (Å²) in [5, 5.41) is 31.2. The maximum absolute atomic E-state index is 13.9. The minimum atomic E-state index is -0.684. The van der Waals surface area contributed by atoms with Gasteiger partial charge in [-0.1, -0.05) is 46.3 Å². The fourth-order valence-corrected chi connectivity index (χ4v) is 7.77. The molecular weight excluding hydrogens is 412 g/mol. The third kappa shape index (κ3) is 4.90. The van der Waals surface area contributed by atoms with Crippen molar-refractivity contribution in [2.75, 3.05) is 6.61 Å². The number of Topliss-reactive ketones (excluding diaryl/α,β-unsaturated/α-hetero) is 1. The van der Waals surface area contributed by atoms with E-state index in [1.54, 1.807) is 0 Å². The highest BCUT2D eigenvalue weighted by Crippen LogP contribution is 2.59. The zero-order chi connectivity index (χ0) is 24.6. The quantitative estimate of drug-likeness (QED) is 0.421. The van der Waals surface area contributed by atoms with Crippen LogP contribution < -0.4 is 0 Å². The number of carbonyl (C=O) groups excluding carboxylic acids is 1. The van der Waals surface area contributed by atoms with E-state index in [2.05, 4.69) is 40.7 Å². The van der Waals surface area contributed by atoms with E-state index in [0.717, 1.165) is 31.3 Å². The maximum Gasteiger partial charge on any atom is 0.165 e. The molecule has 0 amide bonds. The number of hydrogen-bond acceptors (Lipinski definition) is 4. The molecule has 0 aromatic carbocycles. The molecule has 8 atom stereocenters. The summed E-state index contributed by atoms with van der Waals surface area (Å²) in [5.41, 5.74) is 1.57. The second-order valence-corrected chi connectivity index (χ2v) is 12.1. The molecule has 0 unspecified atom stereocenters. The van der Waals surface area contributed by atoms with Crippen molar-refractivity contribution in [2.24, 2.45) is 40.4 Å². The fourth-order valence-electron chi connectivity index (χ4n) is 7.77. The Morgan fingerprint density at radius 1 is 1.18 bits per heavy atom. The molecule has 0 aromatic heterocycles. The van der Waals surface area contributed by atoms with Gasteiger partial charge in [0.25, 0.3) is 0 Å². The van der Waals surface area contributed by atoms with Gasteiger partial charge in [0.15, 0.2) is 5.78 Å². The number of carbonyl (C=O) groups is 1. The Balaban J connectivity index is 1.86. The molecule has 188 valence electrons. The van der Waals surface area contributed by atoms with Crippen LogP contribution in [0.4, 0.5) is 0 Å². The molecule has 3 aliphatic rings. The Bertz CT molecular complexity index is 768. The first-order valence-corrected chi connectivity index (χ1v) is 13.4. The SMILES string of the molecule is C/C=C(/CC[C@@H](C)[C@H]1CC[C@@H](C2=C[C@H](O)[C@H]3C[C@@H](O)CC[C@]3(C)C2=O)[C@]1(C)CCO)C(C)C. The molecule has 33 heavy (non-hydrogen) atoms. The van der Waals surface area contributed by atoms with Gasteiger partial charge in [-0.3, -0.25) is 4.79 Å². The smallest absolute Gasteiger partial charge is 0.165 e. The van der Waals surface area contributed by atoms with Crippen molar-refractivity contribution in [1.82, 2.24) is 0 Å². The van der Waals surface area contributed by atoms with E-state index in [9.17, 15) is 20.1 Å². The van der Waals surface area contributed by atoms with E-state index in [0.29, 0.717) is 43.4 Å². The van der Waals surface area contributed by atoms with Crippen molar-refractivity contribution in [3.63, 3.8) is 0 Å². The van der Waals surface area contributed by atoms with Gasteiger partial charge in [-0.15, -0.1) is 0 Å². The van der Waals surface area contributed by atoms with E-state index in [1.165, 1.54) is 5.57 Å². The summed E-state index contributed by atoms with van der Waals surface area (Å²) < 4.78 is 0. The van der Waals surface area contributed by atoms with Crippen molar-refractivity contribution in [1.29, 1.82) is 0 Å². The monoisotopic (exact) mass is 460 g/mol. The second-order valence-electron chi connectivity index (χ2n) is 12.1. The van der Waals surface area contributed by atoms with Gasteiger partial charge in [-0.25, -0.2) is 0 Å². The topological polar surface area (TPSA) is 77.8 Å². The molecule has 2 fully saturated rings. The van der Waals surface area contributed by atoms with Crippen LogP contribution in [0.25, 0.3) is 0 Å². The summed E-state index contributed by atoms with van der Waals surface area (Å²) in [6.07, 6.45) is 9.66. The molecule has 3 rings (SSSR count). The third-order valence-corrected chi connectivity index (χ3v) is 10.0. The van der Waals surface area contributed by atoms with Gasteiger partial charge < -0.3 is 15.3 Å². The summed E-state index contributed by atoms with van der Waals surface area (Å²) in [5.74, 6) is 1.59. The fraction of sp³-hybridized carbons (Fsp3) is 0.828. The summed E-state index contributed by atoms with van der Waals surface area (Å²) >= 11 is 0. The molecule has 2 saturated carbocycles. The number of rotatable bonds is 8. The van der Waals surface area contributed by atoms with Gasteiger partial charge in [0.1, 0.15) is 0 Å². The van der Waals surface area contributed by atoms with Gasteiger partial charge in [0.2, 0.25) is 0 Å². The molecule has 0 saturated heterocycles. The molecule has 4 nitrogen and oxygen atoms in total. The Kier molecular flexibility index (Phi) is 8.34. The van der Waals surface area contributed by atoms with Crippen LogP contribution in [0.2, 0.25) is 0 Å². The van der Waals surface area contributed by atoms with Crippen molar-refractivity contribution in [3.8, 4) is 0 Å². The van der Waals surface area contributed by atoms with Crippen LogP contribution in [0, 0.1) is 40.4 Å². The predicted molar refractivity (Wildman–Crippen MR) is 134 cm³/mol. The van der Waals surface area contributed by atoms with Crippen LogP contribution in [0.3, 0.4) is 0 Å². The average molecular weight is 461 g/mol. The van der Waals surface area contributed by atoms with E-state index < -0.39 is 17.6 Å². The lowest BCUT2D eigenvalue weighted by Crippen LogP contribution is -2.52. The van der Waals surface area contributed by atoms with Crippen molar-refractivity contribution < 1.29 is 20.1 Å². The molecule has 0 bridgehead atoms. The lowest BCUT2D eigenvalue weighted by Gasteiger charge is -2.49. The van der Waals surface area contributed by atoms with Crippen LogP contribution in [0.1, 0.15) is 92.9 Å². The lowest BCUT2D eigenvalue weighted by molar-refractivity contribution is -0.138. The third-order valence-electron chi connectivity index (χ3n) is 10.0. The molecule has 0 aliphatic heterocycles. The lowest BCUT2D eigenvalue weighted by atomic mass is 9.55. The average Bonchev–Trinajstić information content (AvgIpc) is 3.09. The highest BCUT2D eigenvalue weighted by molar-refractivity contribution is 6.01. The van der Waals surface area contributed by atoms with Crippen molar-refractivity contribution >= 4 is 5.78 Å². The zero-order valence-corrected chi connectivity index (χ0v) is 21.8. The van der Waals surface area contributed by atoms with Crippen LogP contribution >= 0.6 is 0 Å². The number of aliphatic hydroxyl groups is 3. The summed E-state index contributed by atoms with van der Waals surface area (Å²) in [6.45, 7) is 13.4. The van der Waals surface area contributed by atoms with E-state index in [4.69, 9.17) is 0 Å². The van der Waals surface area contributed by atoms with Crippen LogP contribution in [-0.2, 0) is 4.79 Å². The zero-order valence-electron chi connectivity index (χ0n) is 21.8. The van der Waals surface area contributed by atoms with Crippen molar-refractivity contribution in [2.45, 2.75) is 105 Å². The Morgan fingerprint density at radius 3 is 2.48 bits per heavy atom. The minimum Gasteiger partial charge on any atom is -0.396 e. The number of fused-ring (bicyclic) bond motifs is 1. The van der Waals surface area contributed by atoms with Crippen LogP contribution in [-0.4, -0.2) is 39.9 Å². The van der Waals surface area contributed by atoms with E-state index >= 15 is 0 Å². The Hall–Kier alpha value is -0.970. The highest BCUT2D eigenvalue weighted by atomic mass is 16.3. The van der Waals surface area contributed by atoms with Gasteiger partial charge in [0, 0.05) is 17.9 Å². The summed E-state index contributed by atoms with van der Waals surface area (Å²) in [6, 6.07) is 0. The summed E-state index contributed by atoms with van der Waals surface area (Å²) in [7, 11) is 0. The molecule has 0 spiro atoms. The van der Waals surface area contributed by atoms with Crippen LogP contribution in [0.15, 0.2) is 23.3 Å². The number of allylic oxidation sites excluding steroid dienone is 3. The Labute approximate surface area is 201 Å². The largest absolute Gasteiger partial charge is 0.396 e. The standard InChI is InChI=1S/C29H48O4/c1-7-20(18(2)3)9-8-19(4)23-10-11-24(28(23,5)14-15-30)22-17-26(32)25-16-21(31)12-13-29(25,6)27(22)33/h7,17-19,21,23-26,30-32H,8-16H2,1-6H3/b20-7-/t19-,21+,23-,24+,25-,26+,28-,29+/m1/s1. The first-order valence-electron chi connectivity index (χ1n) is 13.4. The molecular formula is C29H48O4. The molecule has 4 heteroatoms. The maximum atomic E-state index is 13.9. The molecule has 3 aliphatic carbocycles. The number of hydrogen-bond donors (Lipinski definition) is 3. The first kappa shape index (κ1) is 26.6. The first-order chi connectivity index (χ1) is 15.5. The predicted octanol–water partition coefficient (Wildman–Crippen LogP) is 5.46.